The lowest BCUT2D eigenvalue weighted by atomic mass is 10.1. The molecule has 2 amide bonds. The van der Waals surface area contributed by atoms with Crippen molar-refractivity contribution in [2.24, 2.45) is 11.5 Å². The third-order valence-corrected chi connectivity index (χ3v) is 4.62. The number of nitrogens with one attached hydrogen (secondary N) is 1. The number of nitro groups is 1. The predicted molar refractivity (Wildman–Crippen MR) is 135 cm³/mol. The molecule has 0 saturated carbocycles. The zero-order chi connectivity index (χ0) is 26.8. The van der Waals surface area contributed by atoms with Crippen LogP contribution in [0.1, 0.15) is 31.4 Å². The maximum atomic E-state index is 12.0. The minimum Gasteiger partial charge on any atom is -0.493 e. The molecule has 15 heteroatoms. The molecule has 5 N–H and O–H groups in total. The molecule has 0 bridgehead atoms. The van der Waals surface area contributed by atoms with E-state index in [-0.39, 0.29) is 54.1 Å². The summed E-state index contributed by atoms with van der Waals surface area (Å²) in [6.07, 6.45) is -1.47. The third-order valence-electron chi connectivity index (χ3n) is 4.62. The second kappa shape index (κ2) is 20.2. The second-order valence-corrected chi connectivity index (χ2v) is 7.33. The molecule has 0 fully saturated rings. The fourth-order valence-electron chi connectivity index (χ4n) is 2.95. The highest BCUT2D eigenvalue weighted by Crippen LogP contribution is 2.38. The average Bonchev–Trinajstić information content (AvgIpc) is 2.84. The fraction of sp³-hybridized carbons (Fsp3) is 0.636. The average molecular weight is 553 g/mol. The van der Waals surface area contributed by atoms with Crippen molar-refractivity contribution in [3.05, 3.63) is 27.8 Å². The summed E-state index contributed by atoms with van der Waals surface area (Å²) in [5.41, 5.74) is 10.1. The van der Waals surface area contributed by atoms with Crippen molar-refractivity contribution >= 4 is 30.1 Å². The van der Waals surface area contributed by atoms with Crippen LogP contribution in [0.2, 0.25) is 0 Å². The molecule has 1 unspecified atom stereocenters. The summed E-state index contributed by atoms with van der Waals surface area (Å²) in [6, 6.07) is 2.54. The zero-order valence-electron chi connectivity index (χ0n) is 21.1. The van der Waals surface area contributed by atoms with Gasteiger partial charge in [-0.2, -0.15) is 0 Å². The van der Waals surface area contributed by atoms with Crippen LogP contribution in [0, 0.1) is 10.1 Å². The summed E-state index contributed by atoms with van der Waals surface area (Å²) < 4.78 is 31.5. The number of benzene rings is 1. The minimum absolute atomic E-state index is 0. The van der Waals surface area contributed by atoms with Gasteiger partial charge in [0.2, 0.25) is 5.91 Å². The molecular weight excluding hydrogens is 516 g/mol. The third kappa shape index (κ3) is 14.4. The second-order valence-electron chi connectivity index (χ2n) is 7.33. The summed E-state index contributed by atoms with van der Waals surface area (Å²) in [7, 11) is 1.37. The van der Waals surface area contributed by atoms with Crippen molar-refractivity contribution in [1.82, 2.24) is 5.32 Å². The Morgan fingerprint density at radius 3 is 2.22 bits per heavy atom. The largest absolute Gasteiger partial charge is 0.493 e. The van der Waals surface area contributed by atoms with Gasteiger partial charge in [-0.15, -0.1) is 12.4 Å². The SMILES string of the molecule is COc1cc(C(C)OC(N)=O)c([N+](=O)[O-])cc1OCCCC(=O)NCCOCCOCCOCCN.Cl. The van der Waals surface area contributed by atoms with E-state index in [9.17, 15) is 19.7 Å². The number of carbonyl (C=O) groups excluding carboxylic acids is 2. The van der Waals surface area contributed by atoms with E-state index in [0.29, 0.717) is 59.2 Å². The zero-order valence-corrected chi connectivity index (χ0v) is 21.9. The van der Waals surface area contributed by atoms with Crippen molar-refractivity contribution in [3.63, 3.8) is 0 Å². The molecule has 0 heterocycles. The Balaban J connectivity index is 0.0000130. The number of hydrogen-bond acceptors (Lipinski definition) is 11. The van der Waals surface area contributed by atoms with Crippen LogP contribution in [0.5, 0.6) is 11.5 Å². The van der Waals surface area contributed by atoms with Crippen LogP contribution in [0.25, 0.3) is 0 Å². The van der Waals surface area contributed by atoms with E-state index < -0.39 is 17.1 Å². The summed E-state index contributed by atoms with van der Waals surface area (Å²) in [5, 5.41) is 14.2. The number of ether oxygens (including phenoxy) is 6. The normalized spacial score (nSPS) is 11.2. The van der Waals surface area contributed by atoms with Gasteiger partial charge in [0, 0.05) is 19.5 Å². The number of nitro benzene ring substituents is 1. The van der Waals surface area contributed by atoms with Crippen molar-refractivity contribution < 1.29 is 42.9 Å². The van der Waals surface area contributed by atoms with Gasteiger partial charge in [-0.05, 0) is 19.4 Å². The molecule has 212 valence electrons. The first-order valence-corrected chi connectivity index (χ1v) is 11.4. The maximum Gasteiger partial charge on any atom is 0.405 e. The molecule has 0 aliphatic carbocycles. The molecule has 0 spiro atoms. The van der Waals surface area contributed by atoms with Crippen molar-refractivity contribution in [3.8, 4) is 11.5 Å². The van der Waals surface area contributed by atoms with E-state index in [4.69, 9.17) is 39.9 Å². The number of rotatable bonds is 20. The predicted octanol–water partition coefficient (Wildman–Crippen LogP) is 1.47. The fourth-order valence-corrected chi connectivity index (χ4v) is 2.95. The minimum atomic E-state index is -1.06. The molecule has 1 aromatic rings. The molecule has 0 radical (unpaired) electrons. The number of primary amides is 1. The molecule has 0 aliphatic rings. The van der Waals surface area contributed by atoms with Crippen LogP contribution >= 0.6 is 12.4 Å². The first-order chi connectivity index (χ1) is 17.3. The van der Waals surface area contributed by atoms with E-state index in [2.05, 4.69) is 5.32 Å². The number of nitrogens with two attached hydrogens (primary N) is 2. The van der Waals surface area contributed by atoms with Gasteiger partial charge < -0.3 is 45.2 Å². The van der Waals surface area contributed by atoms with E-state index in [0.717, 1.165) is 0 Å². The first kappa shape index (κ1) is 34.1. The van der Waals surface area contributed by atoms with Crippen LogP contribution in [0.4, 0.5) is 10.5 Å². The lowest BCUT2D eigenvalue weighted by Crippen LogP contribution is -2.27. The topological polar surface area (TPSA) is 197 Å². The van der Waals surface area contributed by atoms with E-state index in [1.165, 1.54) is 26.2 Å². The van der Waals surface area contributed by atoms with Gasteiger partial charge >= 0.3 is 6.09 Å². The van der Waals surface area contributed by atoms with E-state index in [1.807, 2.05) is 0 Å². The van der Waals surface area contributed by atoms with Crippen LogP contribution in [0.3, 0.4) is 0 Å². The molecule has 0 aliphatic heterocycles. The Labute approximate surface area is 221 Å². The summed E-state index contributed by atoms with van der Waals surface area (Å²) in [4.78, 5) is 33.8. The number of methoxy groups -OCH3 is 1. The Kier molecular flexibility index (Phi) is 18.6. The lowest BCUT2D eigenvalue weighted by Gasteiger charge is -2.16. The number of nitrogens with zero attached hydrogens (tertiary/aromatic N) is 1. The van der Waals surface area contributed by atoms with Crippen molar-refractivity contribution in [1.29, 1.82) is 0 Å². The molecule has 1 aromatic carbocycles. The van der Waals surface area contributed by atoms with Crippen LogP contribution in [0.15, 0.2) is 12.1 Å². The van der Waals surface area contributed by atoms with Gasteiger partial charge in [-0.25, -0.2) is 4.79 Å². The molecule has 14 nitrogen and oxygen atoms in total. The molecule has 1 atom stereocenters. The van der Waals surface area contributed by atoms with Crippen LogP contribution < -0.4 is 26.3 Å². The number of amides is 2. The van der Waals surface area contributed by atoms with Crippen molar-refractivity contribution in [2.45, 2.75) is 25.9 Å². The highest BCUT2D eigenvalue weighted by Gasteiger charge is 2.25. The Bertz CT molecular complexity index is 831. The van der Waals surface area contributed by atoms with Crippen LogP contribution in [-0.4, -0.2) is 83.4 Å². The summed E-state index contributed by atoms with van der Waals surface area (Å²) >= 11 is 0. The Morgan fingerprint density at radius 2 is 1.65 bits per heavy atom. The van der Waals surface area contributed by atoms with Crippen LogP contribution in [-0.2, 0) is 23.7 Å². The first-order valence-electron chi connectivity index (χ1n) is 11.4. The molecule has 37 heavy (non-hydrogen) atoms. The van der Waals surface area contributed by atoms with Gasteiger partial charge in [0.05, 0.1) is 69.9 Å². The smallest absolute Gasteiger partial charge is 0.405 e. The Morgan fingerprint density at radius 1 is 1.03 bits per heavy atom. The molecular formula is C22H37ClN4O10. The van der Waals surface area contributed by atoms with Gasteiger partial charge in [-0.1, -0.05) is 0 Å². The highest BCUT2D eigenvalue weighted by atomic mass is 35.5. The summed E-state index contributed by atoms with van der Waals surface area (Å²) in [6.45, 7) is 5.04. The van der Waals surface area contributed by atoms with Gasteiger partial charge in [0.1, 0.15) is 6.10 Å². The van der Waals surface area contributed by atoms with E-state index >= 15 is 0 Å². The van der Waals surface area contributed by atoms with Gasteiger partial charge in [0.15, 0.2) is 11.5 Å². The van der Waals surface area contributed by atoms with Gasteiger partial charge in [-0.3, -0.25) is 14.9 Å². The lowest BCUT2D eigenvalue weighted by molar-refractivity contribution is -0.386. The number of halogens is 1. The maximum absolute atomic E-state index is 12.0. The number of carbonyl (C=O) groups is 2. The highest BCUT2D eigenvalue weighted by molar-refractivity contribution is 5.85. The van der Waals surface area contributed by atoms with E-state index in [1.54, 1.807) is 0 Å². The monoisotopic (exact) mass is 552 g/mol. The molecule has 0 saturated heterocycles. The Hall–Kier alpha value is -2.91. The standard InChI is InChI=1S/C22H36N4O10.ClH/c1-16(36-22(24)28)17-14-19(31-2)20(15-18(17)26(29)30)35-7-3-4-21(27)25-6-9-33-11-13-34-12-10-32-8-5-23;/h14-16H,3-13,23H2,1-2H3,(H2,24,28)(H,25,27);1H. The molecule has 1 rings (SSSR count). The van der Waals surface area contributed by atoms with Gasteiger partial charge in [0.25, 0.3) is 5.69 Å². The summed E-state index contributed by atoms with van der Waals surface area (Å²) in [5.74, 6) is 0.159. The molecule has 0 aromatic heterocycles. The van der Waals surface area contributed by atoms with Crippen molar-refractivity contribution in [2.75, 3.05) is 66.4 Å². The quantitative estimate of drug-likeness (QED) is 0.120. The number of hydrogen-bond donors (Lipinski definition) is 3.